The second-order valence-electron chi connectivity index (χ2n) is 10.5. The van der Waals surface area contributed by atoms with Crippen LogP contribution in [0.2, 0.25) is 0 Å². The molecule has 2 aliphatic rings. The average Bonchev–Trinajstić information content (AvgIpc) is 3.35. The van der Waals surface area contributed by atoms with Gasteiger partial charge in [0.15, 0.2) is 6.29 Å². The first-order valence-electron chi connectivity index (χ1n) is 14.1. The number of amides is 1. The fourth-order valence-corrected chi connectivity index (χ4v) is 5.98. The zero-order valence-electron chi connectivity index (χ0n) is 23.5. The lowest BCUT2D eigenvalue weighted by Gasteiger charge is -2.36. The summed E-state index contributed by atoms with van der Waals surface area (Å²) in [5.74, 6) is -0.941. The van der Waals surface area contributed by atoms with Crippen LogP contribution in [0.25, 0.3) is 0 Å². The van der Waals surface area contributed by atoms with Gasteiger partial charge in [-0.3, -0.25) is 4.79 Å². The molecule has 3 unspecified atom stereocenters. The molecule has 9 nitrogen and oxygen atoms in total. The second kappa shape index (κ2) is 13.0. The standard InChI is InChI=1S/C34H29NO8S/c36-18-21-3-5-22(6-4-21)30-16-26(19-44-27-12-10-25(37)11-13-27)41-34(42-30)23-7-1-20(2-8-23)17-35-31(38)24-9-14-28-29(15-24)33(40)43-32(28)39/h1-15,26,30,34,36-37H,16-19H2,(H,35,38). The number of phenolic OH excluding ortho intramolecular Hbond substituents is 1. The predicted octanol–water partition coefficient (Wildman–Crippen LogP) is 5.46. The molecule has 0 bridgehead atoms. The van der Waals surface area contributed by atoms with Gasteiger partial charge in [0.1, 0.15) is 5.75 Å². The Bertz CT molecular complexity index is 1670. The van der Waals surface area contributed by atoms with Gasteiger partial charge >= 0.3 is 11.9 Å². The number of aliphatic hydroxyl groups excluding tert-OH is 1. The lowest BCUT2D eigenvalue weighted by atomic mass is 10.0. The Morgan fingerprint density at radius 2 is 1.50 bits per heavy atom. The summed E-state index contributed by atoms with van der Waals surface area (Å²) < 4.78 is 17.4. The Kier molecular flexibility index (Phi) is 8.76. The van der Waals surface area contributed by atoms with Crippen LogP contribution in [-0.2, 0) is 27.4 Å². The van der Waals surface area contributed by atoms with Crippen LogP contribution in [0.1, 0.15) is 72.1 Å². The zero-order chi connectivity index (χ0) is 30.6. The number of hydrogen-bond acceptors (Lipinski definition) is 9. The number of ether oxygens (including phenoxy) is 3. The molecule has 3 atom stereocenters. The van der Waals surface area contributed by atoms with Crippen LogP contribution >= 0.6 is 11.8 Å². The third kappa shape index (κ3) is 6.68. The predicted molar refractivity (Wildman–Crippen MR) is 161 cm³/mol. The summed E-state index contributed by atoms with van der Waals surface area (Å²) in [4.78, 5) is 37.3. The number of aliphatic hydroxyl groups is 1. The van der Waals surface area contributed by atoms with E-state index in [0.717, 1.165) is 27.1 Å². The second-order valence-corrected chi connectivity index (χ2v) is 11.6. The molecule has 224 valence electrons. The SMILES string of the molecule is O=C(NCc1ccc(C2OC(CSc3ccc(O)cc3)CC(c3ccc(CO)cc3)O2)cc1)c1ccc2c(c1)C(=O)OC2=O. The summed E-state index contributed by atoms with van der Waals surface area (Å²) in [7, 11) is 0. The van der Waals surface area contributed by atoms with Gasteiger partial charge in [-0.15, -0.1) is 11.8 Å². The molecule has 1 saturated heterocycles. The van der Waals surface area contributed by atoms with Gasteiger partial charge in [0.25, 0.3) is 5.91 Å². The van der Waals surface area contributed by atoms with Gasteiger partial charge in [-0.1, -0.05) is 48.5 Å². The quantitative estimate of drug-likeness (QED) is 0.128. The summed E-state index contributed by atoms with van der Waals surface area (Å²) in [6, 6.07) is 26.6. The molecular formula is C34H29NO8S. The number of aromatic hydroxyl groups is 1. The van der Waals surface area contributed by atoms with Gasteiger partial charge in [-0.05, 0) is 59.2 Å². The van der Waals surface area contributed by atoms with Crippen molar-refractivity contribution >= 4 is 29.6 Å². The summed E-state index contributed by atoms with van der Waals surface area (Å²) in [6.07, 6.45) is -0.299. The van der Waals surface area contributed by atoms with E-state index in [4.69, 9.17) is 9.47 Å². The van der Waals surface area contributed by atoms with Crippen LogP contribution in [0.15, 0.2) is 95.9 Å². The maximum Gasteiger partial charge on any atom is 0.346 e. The van der Waals surface area contributed by atoms with E-state index >= 15 is 0 Å². The molecule has 0 spiro atoms. The molecule has 2 aliphatic heterocycles. The van der Waals surface area contributed by atoms with Crippen molar-refractivity contribution in [1.82, 2.24) is 5.32 Å². The number of cyclic esters (lactones) is 2. The number of nitrogens with one attached hydrogen (secondary N) is 1. The largest absolute Gasteiger partial charge is 0.508 e. The molecule has 1 amide bonds. The molecular weight excluding hydrogens is 582 g/mol. The third-order valence-corrected chi connectivity index (χ3v) is 8.64. The van der Waals surface area contributed by atoms with E-state index < -0.39 is 18.2 Å². The summed E-state index contributed by atoms with van der Waals surface area (Å²) in [6.45, 7) is 0.219. The highest BCUT2D eigenvalue weighted by Crippen LogP contribution is 2.39. The first kappa shape index (κ1) is 29.6. The van der Waals surface area contributed by atoms with Gasteiger partial charge in [0.2, 0.25) is 0 Å². The first-order valence-corrected chi connectivity index (χ1v) is 15.0. The average molecular weight is 612 g/mol. The van der Waals surface area contributed by atoms with Gasteiger partial charge in [-0.25, -0.2) is 9.59 Å². The Morgan fingerprint density at radius 1 is 0.818 bits per heavy atom. The van der Waals surface area contributed by atoms with Gasteiger partial charge in [0.05, 0.1) is 29.9 Å². The van der Waals surface area contributed by atoms with E-state index in [0.29, 0.717) is 12.2 Å². The highest BCUT2D eigenvalue weighted by molar-refractivity contribution is 7.99. The van der Waals surface area contributed by atoms with Crippen molar-refractivity contribution in [1.29, 1.82) is 0 Å². The number of phenols is 1. The number of fused-ring (bicyclic) bond motifs is 1. The maximum atomic E-state index is 12.7. The monoisotopic (exact) mass is 611 g/mol. The van der Waals surface area contributed by atoms with Crippen molar-refractivity contribution < 1.29 is 38.8 Å². The van der Waals surface area contributed by atoms with Gasteiger partial charge in [-0.2, -0.15) is 0 Å². The van der Waals surface area contributed by atoms with Crippen LogP contribution < -0.4 is 5.32 Å². The fourth-order valence-electron chi connectivity index (χ4n) is 5.06. The van der Waals surface area contributed by atoms with E-state index in [9.17, 15) is 24.6 Å². The number of thioether (sulfide) groups is 1. The van der Waals surface area contributed by atoms with Crippen LogP contribution in [0, 0.1) is 0 Å². The van der Waals surface area contributed by atoms with E-state index in [2.05, 4.69) is 10.1 Å². The molecule has 10 heteroatoms. The highest BCUT2D eigenvalue weighted by atomic mass is 32.2. The lowest BCUT2D eigenvalue weighted by Crippen LogP contribution is -2.31. The number of benzene rings is 4. The van der Waals surface area contributed by atoms with E-state index in [1.54, 1.807) is 23.9 Å². The molecule has 3 N–H and O–H groups in total. The molecule has 2 heterocycles. The highest BCUT2D eigenvalue weighted by Gasteiger charge is 2.33. The maximum absolute atomic E-state index is 12.7. The zero-order valence-corrected chi connectivity index (χ0v) is 24.3. The Balaban J connectivity index is 1.12. The van der Waals surface area contributed by atoms with Crippen LogP contribution in [0.5, 0.6) is 5.75 Å². The minimum absolute atomic E-state index is 0.0286. The topological polar surface area (TPSA) is 131 Å². The van der Waals surface area contributed by atoms with Crippen molar-refractivity contribution in [3.8, 4) is 5.75 Å². The minimum Gasteiger partial charge on any atom is -0.508 e. The Morgan fingerprint density at radius 3 is 2.23 bits per heavy atom. The summed E-state index contributed by atoms with van der Waals surface area (Å²) in [5.41, 5.74) is 4.00. The van der Waals surface area contributed by atoms with Crippen molar-refractivity contribution in [3.05, 3.63) is 130 Å². The molecule has 0 aromatic heterocycles. The Labute approximate surface area is 257 Å². The van der Waals surface area contributed by atoms with E-state index in [-0.39, 0.29) is 53.7 Å². The van der Waals surface area contributed by atoms with E-state index in [1.165, 1.54) is 18.2 Å². The van der Waals surface area contributed by atoms with Crippen LogP contribution in [0.4, 0.5) is 0 Å². The fraction of sp³-hybridized carbons (Fsp3) is 0.206. The molecule has 1 fully saturated rings. The number of carbonyl (C=O) groups is 3. The molecule has 0 saturated carbocycles. The Hall–Kier alpha value is -4.48. The number of esters is 2. The van der Waals surface area contributed by atoms with Gasteiger partial charge < -0.3 is 29.7 Å². The van der Waals surface area contributed by atoms with Crippen molar-refractivity contribution in [2.24, 2.45) is 0 Å². The van der Waals surface area contributed by atoms with Crippen molar-refractivity contribution in [3.63, 3.8) is 0 Å². The number of carbonyl (C=O) groups excluding carboxylic acids is 3. The number of rotatable bonds is 9. The number of hydrogen-bond donors (Lipinski definition) is 3. The summed E-state index contributed by atoms with van der Waals surface area (Å²) in [5, 5.41) is 21.9. The van der Waals surface area contributed by atoms with Crippen molar-refractivity contribution in [2.75, 3.05) is 5.75 Å². The molecule has 4 aromatic rings. The summed E-state index contributed by atoms with van der Waals surface area (Å²) >= 11 is 1.65. The third-order valence-electron chi connectivity index (χ3n) is 7.50. The normalized spacial score (nSPS) is 19.3. The molecule has 4 aromatic carbocycles. The lowest BCUT2D eigenvalue weighted by molar-refractivity contribution is -0.245. The van der Waals surface area contributed by atoms with E-state index in [1.807, 2.05) is 60.7 Å². The van der Waals surface area contributed by atoms with Crippen LogP contribution in [0.3, 0.4) is 0 Å². The molecule has 6 rings (SSSR count). The molecule has 0 radical (unpaired) electrons. The minimum atomic E-state index is -0.756. The molecule has 0 aliphatic carbocycles. The van der Waals surface area contributed by atoms with Gasteiger partial charge in [0, 0.05) is 34.7 Å². The van der Waals surface area contributed by atoms with Crippen molar-refractivity contribution in [2.45, 2.75) is 43.0 Å². The first-order chi connectivity index (χ1) is 21.4. The van der Waals surface area contributed by atoms with Crippen LogP contribution in [-0.4, -0.2) is 39.9 Å². The smallest absolute Gasteiger partial charge is 0.346 e. The molecule has 44 heavy (non-hydrogen) atoms.